The number of carbonyl (C=O) groups excluding carboxylic acids is 1. The summed E-state index contributed by atoms with van der Waals surface area (Å²) < 4.78 is 11.2. The highest BCUT2D eigenvalue weighted by Gasteiger charge is 2.29. The van der Waals surface area contributed by atoms with Gasteiger partial charge in [-0.2, -0.15) is 0 Å². The van der Waals surface area contributed by atoms with Crippen LogP contribution in [0.15, 0.2) is 16.5 Å². The highest BCUT2D eigenvalue weighted by atomic mass is 16.5. The van der Waals surface area contributed by atoms with Crippen molar-refractivity contribution in [2.75, 3.05) is 39.4 Å². The molecular weight excluding hydrogens is 280 g/mol. The fraction of sp³-hybridized carbons (Fsp3) is 0.706. The van der Waals surface area contributed by atoms with Crippen molar-refractivity contribution in [3.8, 4) is 0 Å². The van der Waals surface area contributed by atoms with Crippen molar-refractivity contribution in [3.05, 3.63) is 23.7 Å². The third-order valence-corrected chi connectivity index (χ3v) is 4.70. The van der Waals surface area contributed by atoms with Gasteiger partial charge in [0.1, 0.15) is 11.5 Å². The first-order valence-corrected chi connectivity index (χ1v) is 8.46. The summed E-state index contributed by atoms with van der Waals surface area (Å²) in [5.74, 6) is 2.36. The molecule has 2 saturated heterocycles. The maximum absolute atomic E-state index is 12.3. The number of ether oxygens (including phenoxy) is 1. The molecule has 1 aromatic rings. The summed E-state index contributed by atoms with van der Waals surface area (Å²) >= 11 is 0. The molecule has 1 amide bonds. The van der Waals surface area contributed by atoms with Crippen LogP contribution in [0.3, 0.4) is 0 Å². The van der Waals surface area contributed by atoms with Gasteiger partial charge in [0.05, 0.1) is 19.3 Å². The Morgan fingerprint density at radius 3 is 2.82 bits per heavy atom. The number of rotatable bonds is 5. The van der Waals surface area contributed by atoms with Crippen LogP contribution in [0.1, 0.15) is 43.7 Å². The minimum atomic E-state index is 0.252. The SMILES string of the molecule is CCc1ccc([C@@H]2CCCN2CCC(=O)N2CCOCC2)o1. The Balaban J connectivity index is 1.53. The van der Waals surface area contributed by atoms with Crippen molar-refractivity contribution in [2.45, 2.75) is 38.6 Å². The lowest BCUT2D eigenvalue weighted by Crippen LogP contribution is -2.42. The van der Waals surface area contributed by atoms with Gasteiger partial charge in [0.15, 0.2) is 0 Å². The third-order valence-electron chi connectivity index (χ3n) is 4.70. The molecule has 2 aliphatic heterocycles. The molecule has 1 atom stereocenters. The van der Waals surface area contributed by atoms with Gasteiger partial charge < -0.3 is 14.1 Å². The lowest BCUT2D eigenvalue weighted by molar-refractivity contribution is -0.135. The van der Waals surface area contributed by atoms with E-state index in [1.807, 2.05) is 4.90 Å². The second-order valence-electron chi connectivity index (χ2n) is 6.09. The number of hydrogen-bond donors (Lipinski definition) is 0. The molecule has 0 aromatic carbocycles. The molecule has 0 N–H and O–H groups in total. The van der Waals surface area contributed by atoms with Gasteiger partial charge in [-0.15, -0.1) is 0 Å². The number of likely N-dealkylation sites (tertiary alicyclic amines) is 1. The van der Waals surface area contributed by atoms with Gasteiger partial charge in [-0.3, -0.25) is 9.69 Å². The Morgan fingerprint density at radius 1 is 1.27 bits per heavy atom. The first-order chi connectivity index (χ1) is 10.8. The van der Waals surface area contributed by atoms with Crippen LogP contribution in [-0.2, 0) is 16.0 Å². The zero-order valence-electron chi connectivity index (χ0n) is 13.4. The number of nitrogens with zero attached hydrogens (tertiary/aromatic N) is 2. The second-order valence-corrected chi connectivity index (χ2v) is 6.09. The van der Waals surface area contributed by atoms with E-state index in [9.17, 15) is 4.79 Å². The van der Waals surface area contributed by atoms with Crippen LogP contribution in [0, 0.1) is 0 Å². The maximum atomic E-state index is 12.3. The average Bonchev–Trinajstić information content (AvgIpc) is 3.21. The molecular formula is C17H26N2O3. The topological polar surface area (TPSA) is 45.9 Å². The molecule has 5 heteroatoms. The zero-order chi connectivity index (χ0) is 15.4. The molecule has 0 aliphatic carbocycles. The quantitative estimate of drug-likeness (QED) is 0.837. The van der Waals surface area contributed by atoms with Crippen molar-refractivity contribution >= 4 is 5.91 Å². The van der Waals surface area contributed by atoms with Gasteiger partial charge >= 0.3 is 0 Å². The molecule has 0 bridgehead atoms. The van der Waals surface area contributed by atoms with Crippen molar-refractivity contribution < 1.29 is 13.9 Å². The van der Waals surface area contributed by atoms with E-state index in [1.165, 1.54) is 6.42 Å². The van der Waals surface area contributed by atoms with Gasteiger partial charge in [0.2, 0.25) is 5.91 Å². The summed E-state index contributed by atoms with van der Waals surface area (Å²) in [6, 6.07) is 4.52. The second kappa shape index (κ2) is 7.29. The van der Waals surface area contributed by atoms with Gasteiger partial charge in [0.25, 0.3) is 0 Å². The Hall–Kier alpha value is -1.33. The Kier molecular flexibility index (Phi) is 5.16. The van der Waals surface area contributed by atoms with E-state index in [4.69, 9.17) is 9.15 Å². The first-order valence-electron chi connectivity index (χ1n) is 8.46. The van der Waals surface area contributed by atoms with Crippen LogP contribution in [0.4, 0.5) is 0 Å². The largest absolute Gasteiger partial charge is 0.464 e. The minimum absolute atomic E-state index is 0.252. The van der Waals surface area contributed by atoms with E-state index in [0.717, 1.165) is 50.5 Å². The summed E-state index contributed by atoms with van der Waals surface area (Å²) in [4.78, 5) is 16.6. The predicted octanol–water partition coefficient (Wildman–Crippen LogP) is 2.23. The molecule has 0 spiro atoms. The number of furan rings is 1. The van der Waals surface area contributed by atoms with E-state index < -0.39 is 0 Å². The normalized spacial score (nSPS) is 23.1. The van der Waals surface area contributed by atoms with Crippen molar-refractivity contribution in [1.82, 2.24) is 9.80 Å². The lowest BCUT2D eigenvalue weighted by Gasteiger charge is -2.28. The Bertz CT molecular complexity index is 494. The van der Waals surface area contributed by atoms with Gasteiger partial charge in [-0.1, -0.05) is 6.92 Å². The first kappa shape index (κ1) is 15.6. The monoisotopic (exact) mass is 306 g/mol. The summed E-state index contributed by atoms with van der Waals surface area (Å²) in [7, 11) is 0. The minimum Gasteiger partial charge on any atom is -0.464 e. The molecule has 2 fully saturated rings. The summed E-state index contributed by atoms with van der Waals surface area (Å²) in [6.07, 6.45) is 3.83. The van der Waals surface area contributed by atoms with Gasteiger partial charge in [-0.05, 0) is 31.5 Å². The Morgan fingerprint density at radius 2 is 2.09 bits per heavy atom. The summed E-state index contributed by atoms with van der Waals surface area (Å²) in [5.41, 5.74) is 0. The number of morpholine rings is 1. The van der Waals surface area contributed by atoms with Crippen molar-refractivity contribution in [1.29, 1.82) is 0 Å². The van der Waals surface area contributed by atoms with Gasteiger partial charge in [0, 0.05) is 32.5 Å². The van der Waals surface area contributed by atoms with Crippen molar-refractivity contribution in [3.63, 3.8) is 0 Å². The third kappa shape index (κ3) is 3.52. The van der Waals surface area contributed by atoms with Crippen LogP contribution in [0.25, 0.3) is 0 Å². The van der Waals surface area contributed by atoms with E-state index in [0.29, 0.717) is 25.7 Å². The van der Waals surface area contributed by atoms with E-state index in [-0.39, 0.29) is 5.91 Å². The molecule has 122 valence electrons. The maximum Gasteiger partial charge on any atom is 0.224 e. The molecule has 0 radical (unpaired) electrons. The van der Waals surface area contributed by atoms with E-state index in [1.54, 1.807) is 0 Å². The van der Waals surface area contributed by atoms with Crippen LogP contribution in [0.5, 0.6) is 0 Å². The van der Waals surface area contributed by atoms with Gasteiger partial charge in [-0.25, -0.2) is 0 Å². The fourth-order valence-corrected chi connectivity index (χ4v) is 3.39. The molecule has 22 heavy (non-hydrogen) atoms. The highest BCUT2D eigenvalue weighted by Crippen LogP contribution is 2.33. The van der Waals surface area contributed by atoms with Crippen LogP contribution in [-0.4, -0.2) is 55.1 Å². The molecule has 2 aliphatic rings. The molecule has 0 saturated carbocycles. The van der Waals surface area contributed by atoms with Crippen molar-refractivity contribution in [2.24, 2.45) is 0 Å². The molecule has 3 heterocycles. The molecule has 5 nitrogen and oxygen atoms in total. The zero-order valence-corrected chi connectivity index (χ0v) is 13.4. The summed E-state index contributed by atoms with van der Waals surface area (Å²) in [5, 5.41) is 0. The predicted molar refractivity (Wildman–Crippen MR) is 83.7 cm³/mol. The molecule has 3 rings (SSSR count). The number of hydrogen-bond acceptors (Lipinski definition) is 4. The Labute approximate surface area is 132 Å². The molecule has 0 unspecified atom stereocenters. The van der Waals surface area contributed by atoms with E-state index >= 15 is 0 Å². The summed E-state index contributed by atoms with van der Waals surface area (Å²) in [6.45, 7) is 6.80. The van der Waals surface area contributed by atoms with Crippen LogP contribution >= 0.6 is 0 Å². The lowest BCUT2D eigenvalue weighted by atomic mass is 10.1. The number of amides is 1. The average molecular weight is 306 g/mol. The van der Waals surface area contributed by atoms with E-state index in [2.05, 4.69) is 24.0 Å². The number of aryl methyl sites for hydroxylation is 1. The highest BCUT2D eigenvalue weighted by molar-refractivity contribution is 5.76. The smallest absolute Gasteiger partial charge is 0.224 e. The van der Waals surface area contributed by atoms with Crippen LogP contribution in [0.2, 0.25) is 0 Å². The molecule has 1 aromatic heterocycles. The standard InChI is InChI=1S/C17H26N2O3/c1-2-14-5-6-16(22-14)15-4-3-8-18(15)9-7-17(20)19-10-12-21-13-11-19/h5-6,15H,2-4,7-13H2,1H3/t15-/m0/s1. The van der Waals surface area contributed by atoms with Crippen LogP contribution < -0.4 is 0 Å². The fourth-order valence-electron chi connectivity index (χ4n) is 3.39. The number of carbonyl (C=O) groups is 1.